The maximum Gasteiger partial charge on any atom is 0.121 e. The number of nitrogens with one attached hydrogen (secondary N) is 1. The number of hydrogen-bond donors (Lipinski definition) is 2. The molecule has 0 saturated heterocycles. The van der Waals surface area contributed by atoms with Crippen LogP contribution in [0.1, 0.15) is 33.6 Å². The number of aliphatic hydroxyl groups excluding tert-OH is 1. The molecule has 0 aliphatic carbocycles. The Hall–Kier alpha value is -1.26. The third-order valence-electron chi connectivity index (χ3n) is 3.56. The third-order valence-corrected chi connectivity index (χ3v) is 3.56. The van der Waals surface area contributed by atoms with Gasteiger partial charge >= 0.3 is 0 Å². The molecule has 0 aliphatic heterocycles. The van der Waals surface area contributed by atoms with Gasteiger partial charge in [0.2, 0.25) is 0 Å². The van der Waals surface area contributed by atoms with Crippen LogP contribution < -0.4 is 15.0 Å². The van der Waals surface area contributed by atoms with Gasteiger partial charge in [-0.2, -0.15) is 0 Å². The molecule has 4 nitrogen and oxygen atoms in total. The average Bonchev–Trinajstić information content (AvgIpc) is 2.45. The van der Waals surface area contributed by atoms with Gasteiger partial charge in [0.1, 0.15) is 5.75 Å². The van der Waals surface area contributed by atoms with Crippen LogP contribution in [0.25, 0.3) is 0 Å². The lowest BCUT2D eigenvalue weighted by Crippen LogP contribution is -2.48. The van der Waals surface area contributed by atoms with E-state index in [9.17, 15) is 5.11 Å². The first-order valence-electron chi connectivity index (χ1n) is 7.70. The molecule has 1 aromatic rings. The van der Waals surface area contributed by atoms with Crippen molar-refractivity contribution in [3.63, 3.8) is 0 Å². The number of hydrogen-bond acceptors (Lipinski definition) is 4. The van der Waals surface area contributed by atoms with Crippen LogP contribution in [0.4, 0.5) is 5.69 Å². The Morgan fingerprint density at radius 3 is 2.67 bits per heavy atom. The highest BCUT2D eigenvalue weighted by Crippen LogP contribution is 2.22. The van der Waals surface area contributed by atoms with Crippen molar-refractivity contribution in [1.29, 1.82) is 0 Å². The standard InChI is InChI=1S/C17H30N2O2/c1-6-10-18-17(3,13-20)12-14(2)21-16-9-7-8-15(11-16)19(4)5/h7-9,11,14,18,20H,6,10,12-13H2,1-5H3. The van der Waals surface area contributed by atoms with Gasteiger partial charge in [0.15, 0.2) is 0 Å². The Bertz CT molecular complexity index is 423. The fourth-order valence-corrected chi connectivity index (χ4v) is 2.36. The van der Waals surface area contributed by atoms with Crippen molar-refractivity contribution in [1.82, 2.24) is 5.32 Å². The summed E-state index contributed by atoms with van der Waals surface area (Å²) in [7, 11) is 4.03. The van der Waals surface area contributed by atoms with Gasteiger partial charge in [0, 0.05) is 37.8 Å². The molecule has 1 aromatic carbocycles. The predicted octanol–water partition coefficient (Wildman–Crippen LogP) is 2.66. The van der Waals surface area contributed by atoms with Gasteiger partial charge in [-0.1, -0.05) is 13.0 Å². The Balaban J connectivity index is 2.63. The smallest absolute Gasteiger partial charge is 0.121 e. The van der Waals surface area contributed by atoms with E-state index in [1.165, 1.54) is 0 Å². The number of benzene rings is 1. The summed E-state index contributed by atoms with van der Waals surface area (Å²) in [6.45, 7) is 7.22. The maximum absolute atomic E-state index is 9.62. The van der Waals surface area contributed by atoms with E-state index >= 15 is 0 Å². The summed E-state index contributed by atoms with van der Waals surface area (Å²) in [4.78, 5) is 2.05. The summed E-state index contributed by atoms with van der Waals surface area (Å²) in [6, 6.07) is 8.06. The summed E-state index contributed by atoms with van der Waals surface area (Å²) in [5, 5.41) is 13.0. The van der Waals surface area contributed by atoms with E-state index in [0.717, 1.165) is 30.8 Å². The Kier molecular flexibility index (Phi) is 6.99. The largest absolute Gasteiger partial charge is 0.491 e. The minimum atomic E-state index is -0.297. The molecule has 0 amide bonds. The van der Waals surface area contributed by atoms with E-state index in [0.29, 0.717) is 0 Å². The Morgan fingerprint density at radius 2 is 2.10 bits per heavy atom. The van der Waals surface area contributed by atoms with Crippen LogP contribution in [-0.2, 0) is 0 Å². The summed E-state index contributed by atoms with van der Waals surface area (Å²) in [5.74, 6) is 0.865. The number of nitrogens with zero attached hydrogens (tertiary/aromatic N) is 1. The topological polar surface area (TPSA) is 44.7 Å². The molecule has 21 heavy (non-hydrogen) atoms. The Morgan fingerprint density at radius 1 is 1.38 bits per heavy atom. The molecule has 2 unspecified atom stereocenters. The van der Waals surface area contributed by atoms with Gasteiger partial charge in [-0.25, -0.2) is 0 Å². The lowest BCUT2D eigenvalue weighted by Gasteiger charge is -2.31. The van der Waals surface area contributed by atoms with Gasteiger partial charge in [0.25, 0.3) is 0 Å². The normalized spacial score (nSPS) is 15.3. The van der Waals surface area contributed by atoms with Gasteiger partial charge < -0.3 is 20.1 Å². The number of ether oxygens (including phenoxy) is 1. The fraction of sp³-hybridized carbons (Fsp3) is 0.647. The van der Waals surface area contributed by atoms with Crippen LogP contribution in [0.15, 0.2) is 24.3 Å². The van der Waals surface area contributed by atoms with Crippen LogP contribution in [0.3, 0.4) is 0 Å². The first kappa shape index (κ1) is 17.8. The molecule has 0 spiro atoms. The van der Waals surface area contributed by atoms with E-state index in [1.54, 1.807) is 0 Å². The molecule has 1 rings (SSSR count). The van der Waals surface area contributed by atoms with Crippen LogP contribution in [0.5, 0.6) is 5.75 Å². The molecule has 0 radical (unpaired) electrons. The van der Waals surface area contributed by atoms with Crippen LogP contribution in [0, 0.1) is 0 Å². The van der Waals surface area contributed by atoms with Crippen molar-refractivity contribution in [3.8, 4) is 5.75 Å². The van der Waals surface area contributed by atoms with Crippen molar-refractivity contribution in [2.75, 3.05) is 32.1 Å². The minimum Gasteiger partial charge on any atom is -0.491 e. The van der Waals surface area contributed by atoms with Crippen molar-refractivity contribution in [2.45, 2.75) is 45.3 Å². The van der Waals surface area contributed by atoms with E-state index in [1.807, 2.05) is 46.1 Å². The van der Waals surface area contributed by atoms with Crippen molar-refractivity contribution < 1.29 is 9.84 Å². The van der Waals surface area contributed by atoms with E-state index in [-0.39, 0.29) is 18.2 Å². The SMILES string of the molecule is CCCNC(C)(CO)CC(C)Oc1cccc(N(C)C)c1. The lowest BCUT2D eigenvalue weighted by molar-refractivity contribution is 0.110. The summed E-state index contributed by atoms with van der Waals surface area (Å²) < 4.78 is 6.00. The molecular formula is C17H30N2O2. The molecule has 0 saturated carbocycles. The second-order valence-corrected chi connectivity index (χ2v) is 6.17. The molecule has 2 atom stereocenters. The second-order valence-electron chi connectivity index (χ2n) is 6.17. The molecule has 120 valence electrons. The van der Waals surface area contributed by atoms with Crippen molar-refractivity contribution in [2.24, 2.45) is 0 Å². The molecule has 0 heterocycles. The summed E-state index contributed by atoms with van der Waals surface area (Å²) >= 11 is 0. The molecule has 4 heteroatoms. The van der Waals surface area contributed by atoms with E-state index in [4.69, 9.17) is 4.74 Å². The highest BCUT2D eigenvalue weighted by Gasteiger charge is 2.25. The molecule has 0 aliphatic rings. The molecular weight excluding hydrogens is 264 g/mol. The molecule has 0 fully saturated rings. The quantitative estimate of drug-likeness (QED) is 0.735. The first-order chi connectivity index (χ1) is 9.90. The fourth-order valence-electron chi connectivity index (χ4n) is 2.36. The van der Waals surface area contributed by atoms with Crippen molar-refractivity contribution >= 4 is 5.69 Å². The highest BCUT2D eigenvalue weighted by atomic mass is 16.5. The molecule has 2 N–H and O–H groups in total. The Labute approximate surface area is 129 Å². The first-order valence-corrected chi connectivity index (χ1v) is 7.70. The van der Waals surface area contributed by atoms with Crippen LogP contribution in [-0.4, -0.2) is 44.0 Å². The zero-order chi connectivity index (χ0) is 15.9. The highest BCUT2D eigenvalue weighted by molar-refractivity contribution is 5.49. The third kappa shape index (κ3) is 5.94. The van der Waals surface area contributed by atoms with Gasteiger partial charge in [-0.15, -0.1) is 0 Å². The van der Waals surface area contributed by atoms with Crippen LogP contribution in [0.2, 0.25) is 0 Å². The average molecular weight is 294 g/mol. The lowest BCUT2D eigenvalue weighted by atomic mass is 9.95. The minimum absolute atomic E-state index is 0.0314. The molecule has 0 aromatic heterocycles. The maximum atomic E-state index is 9.62. The zero-order valence-electron chi connectivity index (χ0n) is 14.0. The molecule has 0 bridgehead atoms. The summed E-state index contributed by atoms with van der Waals surface area (Å²) in [5.41, 5.74) is 0.822. The number of anilines is 1. The summed E-state index contributed by atoms with van der Waals surface area (Å²) in [6.07, 6.45) is 1.84. The van der Waals surface area contributed by atoms with Gasteiger partial charge in [-0.05, 0) is 38.9 Å². The number of aliphatic hydroxyl groups is 1. The van der Waals surface area contributed by atoms with E-state index < -0.39 is 0 Å². The second kappa shape index (κ2) is 8.25. The number of rotatable bonds is 9. The van der Waals surface area contributed by atoms with Crippen LogP contribution >= 0.6 is 0 Å². The van der Waals surface area contributed by atoms with Gasteiger partial charge in [-0.3, -0.25) is 0 Å². The van der Waals surface area contributed by atoms with E-state index in [2.05, 4.69) is 23.2 Å². The monoisotopic (exact) mass is 294 g/mol. The van der Waals surface area contributed by atoms with Crippen molar-refractivity contribution in [3.05, 3.63) is 24.3 Å². The van der Waals surface area contributed by atoms with Gasteiger partial charge in [0.05, 0.1) is 12.7 Å². The zero-order valence-corrected chi connectivity index (χ0v) is 14.0. The predicted molar refractivity (Wildman–Crippen MR) is 89.3 cm³/mol.